The molecule has 0 aliphatic carbocycles. The maximum atomic E-state index is 13.7. The van der Waals surface area contributed by atoms with Gasteiger partial charge in [-0.25, -0.2) is 4.39 Å². The average Bonchev–Trinajstić information content (AvgIpc) is 2.59. The van der Waals surface area contributed by atoms with Gasteiger partial charge >= 0.3 is 6.18 Å². The molecule has 2 aromatic carbocycles. The van der Waals surface area contributed by atoms with Gasteiger partial charge in [0.05, 0.1) is 17.7 Å². The molecule has 144 valence electrons. The van der Waals surface area contributed by atoms with Gasteiger partial charge in [0.25, 0.3) is 0 Å². The number of rotatable bonds is 5. The predicted molar refractivity (Wildman–Crippen MR) is 94.9 cm³/mol. The van der Waals surface area contributed by atoms with Gasteiger partial charge in [0.2, 0.25) is 5.91 Å². The van der Waals surface area contributed by atoms with Gasteiger partial charge in [0, 0.05) is 19.7 Å². The molecule has 0 bridgehead atoms. The van der Waals surface area contributed by atoms with E-state index in [4.69, 9.17) is 16.3 Å². The SMILES string of the molecule is COc1ccc(CN(C)C(=O)/C=C/c2ccc(Cl)c(C(F)(F)F)c2)cc1F. The summed E-state index contributed by atoms with van der Waals surface area (Å²) in [6, 6.07) is 7.68. The van der Waals surface area contributed by atoms with Crippen LogP contribution in [-0.4, -0.2) is 25.0 Å². The van der Waals surface area contributed by atoms with Crippen molar-refractivity contribution in [2.75, 3.05) is 14.2 Å². The summed E-state index contributed by atoms with van der Waals surface area (Å²) in [7, 11) is 2.84. The number of hydrogen-bond acceptors (Lipinski definition) is 2. The van der Waals surface area contributed by atoms with Crippen LogP contribution in [0.25, 0.3) is 6.08 Å². The Hall–Kier alpha value is -2.54. The van der Waals surface area contributed by atoms with Crippen molar-refractivity contribution in [2.24, 2.45) is 0 Å². The molecule has 0 heterocycles. The zero-order valence-corrected chi connectivity index (χ0v) is 15.2. The zero-order valence-electron chi connectivity index (χ0n) is 14.5. The molecule has 0 N–H and O–H groups in total. The molecule has 0 saturated carbocycles. The zero-order chi connectivity index (χ0) is 20.2. The lowest BCUT2D eigenvalue weighted by Gasteiger charge is -2.16. The van der Waals surface area contributed by atoms with Crippen LogP contribution in [0.4, 0.5) is 17.6 Å². The van der Waals surface area contributed by atoms with Gasteiger partial charge in [-0.1, -0.05) is 23.7 Å². The Morgan fingerprint density at radius 1 is 1.22 bits per heavy atom. The number of likely N-dealkylation sites (N-methyl/N-ethyl adjacent to an activating group) is 1. The summed E-state index contributed by atoms with van der Waals surface area (Å²) in [6.45, 7) is 0.124. The molecular weight excluding hydrogens is 386 g/mol. The third-order valence-electron chi connectivity index (χ3n) is 3.73. The molecular formula is C19H16ClF4NO2. The highest BCUT2D eigenvalue weighted by atomic mass is 35.5. The molecule has 0 fully saturated rings. The van der Waals surface area contributed by atoms with Crippen molar-refractivity contribution >= 4 is 23.6 Å². The van der Waals surface area contributed by atoms with E-state index < -0.39 is 28.5 Å². The number of ether oxygens (including phenoxy) is 1. The highest BCUT2D eigenvalue weighted by Crippen LogP contribution is 2.35. The van der Waals surface area contributed by atoms with Gasteiger partial charge in [-0.3, -0.25) is 4.79 Å². The molecule has 2 aromatic rings. The summed E-state index contributed by atoms with van der Waals surface area (Å²) in [6.07, 6.45) is -2.18. The molecule has 0 aromatic heterocycles. The molecule has 0 unspecified atom stereocenters. The quantitative estimate of drug-likeness (QED) is 0.510. The van der Waals surface area contributed by atoms with Gasteiger partial charge < -0.3 is 9.64 Å². The van der Waals surface area contributed by atoms with Crippen LogP contribution in [0.3, 0.4) is 0 Å². The highest BCUT2D eigenvalue weighted by Gasteiger charge is 2.33. The molecule has 0 radical (unpaired) electrons. The first-order valence-corrected chi connectivity index (χ1v) is 8.12. The number of hydrogen-bond donors (Lipinski definition) is 0. The van der Waals surface area contributed by atoms with Crippen LogP contribution in [0.2, 0.25) is 5.02 Å². The second kappa shape index (κ2) is 8.43. The Morgan fingerprint density at radius 3 is 2.52 bits per heavy atom. The summed E-state index contributed by atoms with van der Waals surface area (Å²) < 4.78 is 57.1. The van der Waals surface area contributed by atoms with E-state index in [1.54, 1.807) is 6.07 Å². The fourth-order valence-electron chi connectivity index (χ4n) is 2.32. The van der Waals surface area contributed by atoms with E-state index in [1.807, 2.05) is 0 Å². The molecule has 27 heavy (non-hydrogen) atoms. The van der Waals surface area contributed by atoms with E-state index in [9.17, 15) is 22.4 Å². The highest BCUT2D eigenvalue weighted by molar-refractivity contribution is 6.31. The Morgan fingerprint density at radius 2 is 1.93 bits per heavy atom. The molecule has 8 heteroatoms. The maximum absolute atomic E-state index is 13.7. The second-order valence-electron chi connectivity index (χ2n) is 5.73. The Labute approximate surface area is 158 Å². The minimum absolute atomic E-state index is 0.0934. The molecule has 0 aliphatic rings. The third-order valence-corrected chi connectivity index (χ3v) is 4.06. The number of methoxy groups -OCH3 is 1. The fourth-order valence-corrected chi connectivity index (χ4v) is 2.54. The fraction of sp³-hybridized carbons (Fsp3) is 0.211. The number of nitrogens with zero attached hydrogens (tertiary/aromatic N) is 1. The van der Waals surface area contributed by atoms with Gasteiger partial charge in [-0.2, -0.15) is 13.2 Å². The van der Waals surface area contributed by atoms with Crippen LogP contribution in [0.1, 0.15) is 16.7 Å². The van der Waals surface area contributed by atoms with E-state index in [2.05, 4.69) is 0 Å². The number of amides is 1. The largest absolute Gasteiger partial charge is 0.494 e. The summed E-state index contributed by atoms with van der Waals surface area (Å²) >= 11 is 5.56. The van der Waals surface area contributed by atoms with E-state index in [0.717, 1.165) is 18.2 Å². The Balaban J connectivity index is 2.09. The van der Waals surface area contributed by atoms with Crippen LogP contribution in [0.15, 0.2) is 42.5 Å². The van der Waals surface area contributed by atoms with Crippen molar-refractivity contribution in [3.05, 3.63) is 70.0 Å². The molecule has 0 atom stereocenters. The van der Waals surface area contributed by atoms with Gasteiger partial charge in [0.1, 0.15) is 0 Å². The van der Waals surface area contributed by atoms with Crippen molar-refractivity contribution in [3.63, 3.8) is 0 Å². The topological polar surface area (TPSA) is 29.5 Å². The van der Waals surface area contributed by atoms with Gasteiger partial charge in [-0.05, 0) is 41.5 Å². The van der Waals surface area contributed by atoms with Crippen molar-refractivity contribution in [2.45, 2.75) is 12.7 Å². The minimum Gasteiger partial charge on any atom is -0.494 e. The van der Waals surface area contributed by atoms with Crippen LogP contribution in [0.5, 0.6) is 5.75 Å². The van der Waals surface area contributed by atoms with Crippen molar-refractivity contribution in [3.8, 4) is 5.75 Å². The molecule has 0 aliphatic heterocycles. The van der Waals surface area contributed by atoms with Crippen LogP contribution in [-0.2, 0) is 17.5 Å². The maximum Gasteiger partial charge on any atom is 0.417 e. The number of halogens is 5. The van der Waals surface area contributed by atoms with Crippen molar-refractivity contribution in [1.82, 2.24) is 4.90 Å². The standard InChI is InChI=1S/C19H16ClF4NO2/c1-25(11-13-4-7-17(27-2)16(21)10-13)18(26)8-5-12-3-6-15(20)14(9-12)19(22,23)24/h3-10H,11H2,1-2H3/b8-5+. The first-order valence-electron chi connectivity index (χ1n) is 7.74. The molecule has 0 saturated heterocycles. The lowest BCUT2D eigenvalue weighted by atomic mass is 10.1. The van der Waals surface area contributed by atoms with Crippen LogP contribution >= 0.6 is 11.6 Å². The molecule has 3 nitrogen and oxygen atoms in total. The Bertz CT molecular complexity index is 865. The van der Waals surface area contributed by atoms with E-state index in [0.29, 0.717) is 5.56 Å². The van der Waals surface area contributed by atoms with Gasteiger partial charge in [-0.15, -0.1) is 0 Å². The number of benzene rings is 2. The lowest BCUT2D eigenvalue weighted by Crippen LogP contribution is -2.24. The summed E-state index contributed by atoms with van der Waals surface area (Å²) in [5.74, 6) is -0.905. The molecule has 2 rings (SSSR count). The first-order chi connectivity index (χ1) is 12.6. The Kier molecular flexibility index (Phi) is 6.49. The third kappa shape index (κ3) is 5.47. The number of alkyl halides is 3. The summed E-state index contributed by atoms with van der Waals surface area (Å²) in [5, 5.41) is -0.412. The van der Waals surface area contributed by atoms with Crippen molar-refractivity contribution in [1.29, 1.82) is 0 Å². The number of carbonyl (C=O) groups excluding carboxylic acids is 1. The molecule has 0 spiro atoms. The smallest absolute Gasteiger partial charge is 0.417 e. The van der Waals surface area contributed by atoms with E-state index >= 15 is 0 Å². The van der Waals surface area contributed by atoms with E-state index in [1.165, 1.54) is 43.3 Å². The van der Waals surface area contributed by atoms with Crippen molar-refractivity contribution < 1.29 is 27.1 Å². The summed E-state index contributed by atoms with van der Waals surface area (Å²) in [5.41, 5.74) is -0.242. The normalized spacial score (nSPS) is 11.7. The average molecular weight is 402 g/mol. The predicted octanol–water partition coefficient (Wildman–Crippen LogP) is 5.18. The van der Waals surface area contributed by atoms with Gasteiger partial charge in [0.15, 0.2) is 11.6 Å². The monoisotopic (exact) mass is 401 g/mol. The summed E-state index contributed by atoms with van der Waals surface area (Å²) in [4.78, 5) is 13.5. The second-order valence-corrected chi connectivity index (χ2v) is 6.14. The molecule has 1 amide bonds. The van der Waals surface area contributed by atoms with Crippen LogP contribution < -0.4 is 4.74 Å². The first kappa shape index (κ1) is 20.8. The minimum atomic E-state index is -4.58. The van der Waals surface area contributed by atoms with E-state index in [-0.39, 0.29) is 17.9 Å². The lowest BCUT2D eigenvalue weighted by molar-refractivity contribution is -0.137. The number of carbonyl (C=O) groups is 1. The van der Waals surface area contributed by atoms with Crippen LogP contribution in [0, 0.1) is 5.82 Å².